The Morgan fingerprint density at radius 2 is 1.26 bits per heavy atom. The highest BCUT2D eigenvalue weighted by atomic mass is 32.1. The number of benzene rings is 5. The summed E-state index contributed by atoms with van der Waals surface area (Å²) >= 11 is 3.64. The zero-order chi connectivity index (χ0) is 28.1. The van der Waals surface area contributed by atoms with Crippen LogP contribution in [0.2, 0.25) is 0 Å². The molecule has 0 atom stereocenters. The second kappa shape index (κ2) is 8.67. The van der Waals surface area contributed by atoms with Crippen LogP contribution in [0.1, 0.15) is 0 Å². The van der Waals surface area contributed by atoms with Crippen molar-refractivity contribution < 1.29 is 0 Å². The van der Waals surface area contributed by atoms with Gasteiger partial charge in [0.2, 0.25) is 5.95 Å². The quantitative estimate of drug-likeness (QED) is 0.203. The Morgan fingerprint density at radius 1 is 0.535 bits per heavy atom. The van der Waals surface area contributed by atoms with Crippen LogP contribution in [0.25, 0.3) is 90.4 Å². The van der Waals surface area contributed by atoms with Gasteiger partial charge in [0.1, 0.15) is 4.83 Å². The first-order chi connectivity index (χ1) is 21.3. The van der Waals surface area contributed by atoms with Crippen molar-refractivity contribution in [3.8, 4) is 17.2 Å². The molecular formula is C37H20N4S2. The lowest BCUT2D eigenvalue weighted by molar-refractivity contribution is 1.02. The van der Waals surface area contributed by atoms with Gasteiger partial charge in [0.25, 0.3) is 0 Å². The summed E-state index contributed by atoms with van der Waals surface area (Å²) in [6, 6.07) is 40.5. The van der Waals surface area contributed by atoms with E-state index in [0.717, 1.165) is 38.0 Å². The van der Waals surface area contributed by atoms with Gasteiger partial charge >= 0.3 is 0 Å². The van der Waals surface area contributed by atoms with Crippen LogP contribution in [0.3, 0.4) is 0 Å². The van der Waals surface area contributed by atoms with Crippen molar-refractivity contribution in [1.82, 2.24) is 19.5 Å². The van der Waals surface area contributed by atoms with Crippen molar-refractivity contribution in [2.75, 3.05) is 0 Å². The topological polar surface area (TPSA) is 43.6 Å². The lowest BCUT2D eigenvalue weighted by Crippen LogP contribution is -2.03. The van der Waals surface area contributed by atoms with Crippen molar-refractivity contribution in [2.24, 2.45) is 0 Å². The average Bonchev–Trinajstić information content (AvgIpc) is 3.74. The Labute approximate surface area is 253 Å². The molecule has 0 unspecified atom stereocenters. The normalized spacial score (nSPS) is 12.2. The highest BCUT2D eigenvalue weighted by molar-refractivity contribution is 7.29. The minimum atomic E-state index is 0.682. The van der Waals surface area contributed by atoms with Gasteiger partial charge in [0, 0.05) is 58.9 Å². The molecule has 5 aromatic carbocycles. The Morgan fingerprint density at radius 3 is 2.16 bits per heavy atom. The highest BCUT2D eigenvalue weighted by Crippen LogP contribution is 2.51. The third kappa shape index (κ3) is 3.16. The molecule has 0 N–H and O–H groups in total. The molecule has 43 heavy (non-hydrogen) atoms. The molecule has 4 nitrogen and oxygen atoms in total. The second-order valence-electron chi connectivity index (χ2n) is 10.8. The number of nitrogens with zero attached hydrogens (tertiary/aromatic N) is 4. The van der Waals surface area contributed by atoms with E-state index in [1.165, 1.54) is 46.4 Å². The minimum absolute atomic E-state index is 0.682. The fourth-order valence-electron chi connectivity index (χ4n) is 6.69. The number of pyridine rings is 1. The SMILES string of the molecule is c1ccc(-c2nc(-n3c4ccccc4c4c5sc6ncccc6c5c5c6ccccc6sc5c43)nc3ccccc23)cc1. The minimum Gasteiger partial charge on any atom is -0.276 e. The summed E-state index contributed by atoms with van der Waals surface area (Å²) in [7, 11) is 0. The van der Waals surface area contributed by atoms with Crippen molar-refractivity contribution in [3.05, 3.63) is 121 Å². The molecule has 0 aliphatic rings. The zero-order valence-electron chi connectivity index (χ0n) is 22.7. The highest BCUT2D eigenvalue weighted by Gasteiger charge is 2.25. The first-order valence-electron chi connectivity index (χ1n) is 14.2. The molecule has 0 amide bonds. The smallest absolute Gasteiger partial charge is 0.235 e. The van der Waals surface area contributed by atoms with E-state index < -0.39 is 0 Å². The number of para-hydroxylation sites is 2. The summed E-state index contributed by atoms with van der Waals surface area (Å²) in [5.41, 5.74) is 5.20. The maximum absolute atomic E-state index is 5.34. The van der Waals surface area contributed by atoms with Gasteiger partial charge in [-0.25, -0.2) is 15.0 Å². The summed E-state index contributed by atoms with van der Waals surface area (Å²) in [6.45, 7) is 0. The van der Waals surface area contributed by atoms with E-state index >= 15 is 0 Å². The molecule has 5 aromatic heterocycles. The molecule has 0 aliphatic carbocycles. The standard InChI is InChI=1S/C37H20N4S2/c1-2-11-21(12-3-1)32-22-13-4-7-17-26(22)39-37(40-32)41-27-18-8-5-14-23(27)31-33(41)35-29(24-15-6-9-19-28(24)42-35)30-25-16-10-20-38-36(25)43-34(30)31/h1-20H. The van der Waals surface area contributed by atoms with Gasteiger partial charge in [-0.3, -0.25) is 4.57 Å². The first kappa shape index (κ1) is 23.4. The van der Waals surface area contributed by atoms with Gasteiger partial charge in [-0.15, -0.1) is 22.7 Å². The largest absolute Gasteiger partial charge is 0.276 e. The monoisotopic (exact) mass is 584 g/mol. The van der Waals surface area contributed by atoms with E-state index in [1.54, 1.807) is 11.3 Å². The van der Waals surface area contributed by atoms with E-state index in [0.29, 0.717) is 5.95 Å². The number of hydrogen-bond donors (Lipinski definition) is 0. The maximum atomic E-state index is 5.34. The zero-order valence-corrected chi connectivity index (χ0v) is 24.3. The molecule has 10 aromatic rings. The summed E-state index contributed by atoms with van der Waals surface area (Å²) in [6.07, 6.45) is 1.90. The van der Waals surface area contributed by atoms with E-state index in [9.17, 15) is 0 Å². The van der Waals surface area contributed by atoms with Gasteiger partial charge in [-0.1, -0.05) is 84.9 Å². The van der Waals surface area contributed by atoms with Crippen molar-refractivity contribution in [3.63, 3.8) is 0 Å². The fraction of sp³-hybridized carbons (Fsp3) is 0. The summed E-state index contributed by atoms with van der Waals surface area (Å²) in [5.74, 6) is 0.682. The van der Waals surface area contributed by atoms with Crippen LogP contribution in [-0.4, -0.2) is 19.5 Å². The molecule has 0 fully saturated rings. The van der Waals surface area contributed by atoms with Gasteiger partial charge in [0.05, 0.1) is 26.9 Å². The first-order valence-corrected chi connectivity index (χ1v) is 15.8. The van der Waals surface area contributed by atoms with E-state index in [2.05, 4.69) is 114 Å². The second-order valence-corrected chi connectivity index (χ2v) is 12.8. The van der Waals surface area contributed by atoms with Crippen molar-refractivity contribution >= 4 is 95.9 Å². The summed E-state index contributed by atoms with van der Waals surface area (Å²) in [4.78, 5) is 16.5. The molecule has 0 spiro atoms. The molecule has 10 rings (SSSR count). The summed E-state index contributed by atoms with van der Waals surface area (Å²) in [5, 5.41) is 8.55. The lowest BCUT2D eigenvalue weighted by Gasteiger charge is -2.12. The molecular weight excluding hydrogens is 565 g/mol. The van der Waals surface area contributed by atoms with Crippen molar-refractivity contribution in [1.29, 1.82) is 0 Å². The van der Waals surface area contributed by atoms with Crippen LogP contribution >= 0.6 is 22.7 Å². The number of hydrogen-bond acceptors (Lipinski definition) is 5. The van der Waals surface area contributed by atoms with Crippen LogP contribution in [0.15, 0.2) is 121 Å². The predicted octanol–water partition coefficient (Wildman–Crippen LogP) is 10.5. The number of aromatic nitrogens is 4. The molecule has 200 valence electrons. The maximum Gasteiger partial charge on any atom is 0.235 e. The van der Waals surface area contributed by atoms with Crippen LogP contribution in [0, 0.1) is 0 Å². The summed E-state index contributed by atoms with van der Waals surface area (Å²) < 4.78 is 6.09. The van der Waals surface area contributed by atoms with E-state index in [-0.39, 0.29) is 0 Å². The number of rotatable bonds is 2. The van der Waals surface area contributed by atoms with E-state index in [4.69, 9.17) is 15.0 Å². The molecule has 0 saturated heterocycles. The Hall–Kier alpha value is -5.17. The van der Waals surface area contributed by atoms with Gasteiger partial charge < -0.3 is 0 Å². The average molecular weight is 585 g/mol. The predicted molar refractivity (Wildman–Crippen MR) is 183 cm³/mol. The van der Waals surface area contributed by atoms with Gasteiger partial charge in [-0.05, 0) is 30.3 Å². The number of thiophene rings is 2. The van der Waals surface area contributed by atoms with Crippen molar-refractivity contribution in [2.45, 2.75) is 0 Å². The fourth-order valence-corrected chi connectivity index (χ4v) is 9.15. The van der Waals surface area contributed by atoms with Crippen LogP contribution < -0.4 is 0 Å². The molecule has 0 radical (unpaired) electrons. The Balaban J connectivity index is 1.48. The molecule has 0 aliphatic heterocycles. The van der Waals surface area contributed by atoms with Crippen LogP contribution in [0.5, 0.6) is 0 Å². The van der Waals surface area contributed by atoms with E-state index in [1.807, 2.05) is 23.6 Å². The third-order valence-electron chi connectivity index (χ3n) is 8.47. The Bertz CT molecular complexity index is 2730. The lowest BCUT2D eigenvalue weighted by atomic mass is 10.0. The third-order valence-corrected chi connectivity index (χ3v) is 10.8. The Kier molecular flexibility index (Phi) is 4.72. The van der Waals surface area contributed by atoms with Gasteiger partial charge in [0.15, 0.2) is 0 Å². The molecule has 6 heteroatoms. The molecule has 0 bridgehead atoms. The van der Waals surface area contributed by atoms with Crippen LogP contribution in [0.4, 0.5) is 0 Å². The number of fused-ring (bicyclic) bond motifs is 13. The molecule has 5 heterocycles. The van der Waals surface area contributed by atoms with Gasteiger partial charge in [-0.2, -0.15) is 0 Å². The van der Waals surface area contributed by atoms with Crippen LogP contribution in [-0.2, 0) is 0 Å². The molecule has 0 saturated carbocycles.